The van der Waals surface area contributed by atoms with Gasteiger partial charge in [0.15, 0.2) is 0 Å². The molecule has 0 radical (unpaired) electrons. The van der Waals surface area contributed by atoms with Gasteiger partial charge >= 0.3 is 0 Å². The highest BCUT2D eigenvalue weighted by molar-refractivity contribution is 6.30. The van der Waals surface area contributed by atoms with Crippen molar-refractivity contribution in [2.24, 2.45) is 0 Å². The molecule has 8 nitrogen and oxygen atoms in total. The van der Waals surface area contributed by atoms with Gasteiger partial charge in [0.1, 0.15) is 17.6 Å². The number of nitrogens with one attached hydrogen (secondary N) is 1. The molecule has 2 aromatic rings. The van der Waals surface area contributed by atoms with Crippen LogP contribution in [-0.4, -0.2) is 79.2 Å². The Kier molecular flexibility index (Phi) is 7.69. The summed E-state index contributed by atoms with van der Waals surface area (Å²) in [6.45, 7) is 1.24. The number of hydrogen-bond donors (Lipinski definition) is 1. The molecule has 2 fully saturated rings. The number of hydrogen-bond acceptors (Lipinski definition) is 5. The van der Waals surface area contributed by atoms with Gasteiger partial charge in [0.2, 0.25) is 5.91 Å². The number of rotatable bonds is 6. The third kappa shape index (κ3) is 5.32. The number of methoxy groups -OCH3 is 1. The Labute approximate surface area is 207 Å². The molecule has 1 spiro atoms. The first-order chi connectivity index (χ1) is 16.8. The van der Waals surface area contributed by atoms with E-state index in [1.807, 2.05) is 0 Å². The van der Waals surface area contributed by atoms with Gasteiger partial charge in [-0.2, -0.15) is 0 Å². The third-order valence-electron chi connectivity index (χ3n) is 6.36. The van der Waals surface area contributed by atoms with Crippen LogP contribution < -0.4 is 5.32 Å². The van der Waals surface area contributed by atoms with Crippen molar-refractivity contribution in [1.29, 1.82) is 0 Å². The summed E-state index contributed by atoms with van der Waals surface area (Å²) in [5.74, 6) is -1.59. The van der Waals surface area contributed by atoms with Crippen LogP contribution in [0.3, 0.4) is 0 Å². The molecule has 0 aromatic heterocycles. The molecule has 1 atom stereocenters. The molecule has 3 amide bonds. The first-order valence-corrected chi connectivity index (χ1v) is 11.8. The summed E-state index contributed by atoms with van der Waals surface area (Å²) in [7, 11) is 1.53. The summed E-state index contributed by atoms with van der Waals surface area (Å²) in [6, 6.07) is 11.2. The summed E-state index contributed by atoms with van der Waals surface area (Å²) in [4.78, 5) is 42.6. The maximum absolute atomic E-state index is 13.9. The predicted molar refractivity (Wildman–Crippen MR) is 127 cm³/mol. The molecule has 1 N–H and O–H groups in total. The predicted octanol–water partition coefficient (Wildman–Crippen LogP) is 2.72. The Hall–Kier alpha value is -3.01. The van der Waals surface area contributed by atoms with Crippen molar-refractivity contribution in [3.63, 3.8) is 0 Å². The Morgan fingerprint density at radius 2 is 1.80 bits per heavy atom. The summed E-state index contributed by atoms with van der Waals surface area (Å²) in [5, 5.41) is 3.23. The number of benzene rings is 2. The van der Waals surface area contributed by atoms with Crippen LogP contribution in [0.4, 0.5) is 4.39 Å². The molecule has 2 aromatic carbocycles. The maximum atomic E-state index is 13.9. The lowest BCUT2D eigenvalue weighted by atomic mass is 9.96. The minimum atomic E-state index is -1.09. The largest absolute Gasteiger partial charge is 0.383 e. The zero-order chi connectivity index (χ0) is 25.0. The average molecular weight is 504 g/mol. The number of carbonyl (C=O) groups is 3. The molecule has 10 heteroatoms. The van der Waals surface area contributed by atoms with Crippen LogP contribution in [0.2, 0.25) is 5.02 Å². The molecule has 2 aliphatic rings. The quantitative estimate of drug-likeness (QED) is 0.612. The fourth-order valence-electron chi connectivity index (χ4n) is 4.58. The first-order valence-electron chi connectivity index (χ1n) is 11.4. The van der Waals surface area contributed by atoms with E-state index in [1.165, 1.54) is 30.2 Å². The van der Waals surface area contributed by atoms with Gasteiger partial charge < -0.3 is 19.7 Å². The van der Waals surface area contributed by atoms with Crippen LogP contribution in [0.15, 0.2) is 48.5 Å². The van der Waals surface area contributed by atoms with Gasteiger partial charge in [0, 0.05) is 55.7 Å². The Bertz CT molecular complexity index is 1110. The van der Waals surface area contributed by atoms with Crippen LogP contribution in [0.1, 0.15) is 33.6 Å². The number of carbonyl (C=O) groups excluding carboxylic acids is 3. The fraction of sp³-hybridized carbons (Fsp3) is 0.400. The Morgan fingerprint density at radius 3 is 2.46 bits per heavy atom. The fourth-order valence-corrected chi connectivity index (χ4v) is 4.78. The van der Waals surface area contributed by atoms with E-state index >= 15 is 0 Å². The van der Waals surface area contributed by atoms with Crippen molar-refractivity contribution in [2.45, 2.75) is 24.6 Å². The van der Waals surface area contributed by atoms with Crippen molar-refractivity contribution >= 4 is 29.3 Å². The molecule has 4 rings (SSSR count). The number of likely N-dealkylation sites (tertiary alicyclic amines) is 1. The molecule has 2 aliphatic heterocycles. The number of amides is 3. The van der Waals surface area contributed by atoms with Crippen LogP contribution >= 0.6 is 11.6 Å². The minimum absolute atomic E-state index is 0.00209. The van der Waals surface area contributed by atoms with E-state index < -0.39 is 23.5 Å². The summed E-state index contributed by atoms with van der Waals surface area (Å²) >= 11 is 6.03. The van der Waals surface area contributed by atoms with Crippen molar-refractivity contribution in [3.05, 3.63) is 70.5 Å². The summed E-state index contributed by atoms with van der Waals surface area (Å²) in [5.41, 5.74) is -0.483. The highest BCUT2D eigenvalue weighted by Crippen LogP contribution is 2.39. The smallest absolute Gasteiger partial charge is 0.256 e. The van der Waals surface area contributed by atoms with Crippen molar-refractivity contribution in [3.8, 4) is 0 Å². The lowest BCUT2D eigenvalue weighted by Gasteiger charge is -2.44. The highest BCUT2D eigenvalue weighted by atomic mass is 35.5. The van der Waals surface area contributed by atoms with E-state index in [0.29, 0.717) is 43.1 Å². The molecular formula is C25H27ClFN3O5. The first kappa shape index (κ1) is 25.1. The van der Waals surface area contributed by atoms with E-state index in [1.54, 1.807) is 29.2 Å². The molecule has 0 unspecified atom stereocenters. The number of halogens is 2. The second kappa shape index (κ2) is 10.7. The normalized spacial score (nSPS) is 19.1. The molecule has 35 heavy (non-hydrogen) atoms. The number of ether oxygens (including phenoxy) is 2. The second-order valence-corrected chi connectivity index (χ2v) is 8.98. The molecule has 0 saturated carbocycles. The molecule has 0 bridgehead atoms. The SMILES string of the molecule is COCCNC(=O)[C@@H]1COC2(CCN(C(=O)c3cccc(Cl)c3)CC2)N1C(=O)c1cccc(F)c1. The van der Waals surface area contributed by atoms with Gasteiger partial charge in [-0.05, 0) is 36.4 Å². The molecule has 2 heterocycles. The lowest BCUT2D eigenvalue weighted by molar-refractivity contribution is -0.128. The van der Waals surface area contributed by atoms with Gasteiger partial charge in [-0.25, -0.2) is 4.39 Å². The van der Waals surface area contributed by atoms with Crippen LogP contribution in [-0.2, 0) is 14.3 Å². The highest BCUT2D eigenvalue weighted by Gasteiger charge is 2.54. The molecule has 2 saturated heterocycles. The average Bonchev–Trinajstić information content (AvgIpc) is 3.22. The van der Waals surface area contributed by atoms with Gasteiger partial charge in [-0.3, -0.25) is 19.3 Å². The molecular weight excluding hydrogens is 477 g/mol. The van der Waals surface area contributed by atoms with E-state index in [-0.39, 0.29) is 30.5 Å². The Morgan fingerprint density at radius 1 is 1.11 bits per heavy atom. The maximum Gasteiger partial charge on any atom is 0.256 e. The van der Waals surface area contributed by atoms with E-state index in [9.17, 15) is 18.8 Å². The lowest BCUT2D eigenvalue weighted by Crippen LogP contribution is -2.60. The van der Waals surface area contributed by atoms with Crippen molar-refractivity contribution in [2.75, 3.05) is 40.0 Å². The zero-order valence-corrected chi connectivity index (χ0v) is 20.1. The zero-order valence-electron chi connectivity index (χ0n) is 19.3. The standard InChI is InChI=1S/C25H27ClFN3O5/c1-34-13-10-28-22(31)21-16-35-25(30(21)24(33)18-5-3-7-20(27)15-18)8-11-29(12-9-25)23(32)17-4-2-6-19(26)14-17/h2-7,14-15,21H,8-13,16H2,1H3,(H,28,31)/t21-/m0/s1. The monoisotopic (exact) mass is 503 g/mol. The topological polar surface area (TPSA) is 88.2 Å². The number of nitrogens with zero attached hydrogens (tertiary/aromatic N) is 2. The molecule has 0 aliphatic carbocycles. The van der Waals surface area contributed by atoms with Crippen LogP contribution in [0.5, 0.6) is 0 Å². The van der Waals surface area contributed by atoms with Gasteiger partial charge in [0.25, 0.3) is 11.8 Å². The van der Waals surface area contributed by atoms with Crippen LogP contribution in [0.25, 0.3) is 0 Å². The van der Waals surface area contributed by atoms with Gasteiger partial charge in [0.05, 0.1) is 13.2 Å². The van der Waals surface area contributed by atoms with E-state index in [4.69, 9.17) is 21.1 Å². The van der Waals surface area contributed by atoms with E-state index in [0.717, 1.165) is 6.07 Å². The van der Waals surface area contributed by atoms with Gasteiger partial charge in [-0.15, -0.1) is 0 Å². The Balaban J connectivity index is 1.56. The number of piperidine rings is 1. The second-order valence-electron chi connectivity index (χ2n) is 8.54. The van der Waals surface area contributed by atoms with Crippen LogP contribution in [0, 0.1) is 5.82 Å². The van der Waals surface area contributed by atoms with Crippen molar-refractivity contribution in [1.82, 2.24) is 15.1 Å². The third-order valence-corrected chi connectivity index (χ3v) is 6.60. The molecule has 186 valence electrons. The van der Waals surface area contributed by atoms with Gasteiger partial charge in [-0.1, -0.05) is 23.7 Å². The minimum Gasteiger partial charge on any atom is -0.383 e. The summed E-state index contributed by atoms with van der Waals surface area (Å²) in [6.07, 6.45) is 0.616. The van der Waals surface area contributed by atoms with Crippen molar-refractivity contribution < 1.29 is 28.2 Å². The van der Waals surface area contributed by atoms with E-state index in [2.05, 4.69) is 5.32 Å². The summed E-state index contributed by atoms with van der Waals surface area (Å²) < 4.78 is 25.0.